The average molecular weight is 496 g/mol. The number of nitrogens with zero attached hydrogens (tertiary/aromatic N) is 5. The predicted molar refractivity (Wildman–Crippen MR) is 138 cm³/mol. The summed E-state index contributed by atoms with van der Waals surface area (Å²) in [5.74, 6) is -0.803. The molecule has 8 heteroatoms. The number of carbonyl (C=O) groups excluding carboxylic acids is 1. The van der Waals surface area contributed by atoms with Crippen molar-refractivity contribution in [3.63, 3.8) is 0 Å². The van der Waals surface area contributed by atoms with Crippen LogP contribution in [-0.4, -0.2) is 51.6 Å². The maximum absolute atomic E-state index is 14.3. The first-order valence-corrected chi connectivity index (χ1v) is 12.1. The van der Waals surface area contributed by atoms with Crippen LogP contribution >= 0.6 is 0 Å². The van der Waals surface area contributed by atoms with Crippen molar-refractivity contribution in [1.29, 1.82) is 0 Å². The second kappa shape index (κ2) is 9.46. The third-order valence-electron chi connectivity index (χ3n) is 6.62. The summed E-state index contributed by atoms with van der Waals surface area (Å²) in [4.78, 5) is 22.2. The predicted octanol–water partition coefficient (Wildman–Crippen LogP) is 5.30. The topological polar surface area (TPSA) is 53.7 Å². The molecule has 1 aliphatic rings. The van der Waals surface area contributed by atoms with E-state index in [9.17, 15) is 13.6 Å². The van der Waals surface area contributed by atoms with Gasteiger partial charge in [0, 0.05) is 43.4 Å². The van der Waals surface area contributed by atoms with Crippen LogP contribution in [0.25, 0.3) is 28.2 Å². The van der Waals surface area contributed by atoms with Crippen LogP contribution in [0.2, 0.25) is 0 Å². The Morgan fingerprint density at radius 1 is 0.730 bits per heavy atom. The van der Waals surface area contributed by atoms with Gasteiger partial charge in [-0.25, -0.2) is 18.3 Å². The molecule has 5 aromatic rings. The average Bonchev–Trinajstić information content (AvgIpc) is 3.38. The molecule has 0 bridgehead atoms. The van der Waals surface area contributed by atoms with Crippen LogP contribution in [0, 0.1) is 11.6 Å². The quantitative estimate of drug-likeness (QED) is 0.339. The molecule has 0 N–H and O–H groups in total. The molecule has 184 valence electrons. The first-order valence-electron chi connectivity index (χ1n) is 12.1. The fourth-order valence-electron chi connectivity index (χ4n) is 4.67. The number of piperazine rings is 1. The van der Waals surface area contributed by atoms with Crippen LogP contribution in [0.15, 0.2) is 91.0 Å². The summed E-state index contributed by atoms with van der Waals surface area (Å²) in [6.07, 6.45) is 0. The molecular formula is C29H23F2N5O. The molecule has 6 rings (SSSR count). The Balaban J connectivity index is 1.36. The zero-order chi connectivity index (χ0) is 25.4. The zero-order valence-corrected chi connectivity index (χ0v) is 19.9. The lowest BCUT2D eigenvalue weighted by Gasteiger charge is -2.36. The highest BCUT2D eigenvalue weighted by Crippen LogP contribution is 2.26. The number of carbonyl (C=O) groups is 1. The standard InChI is InChI=1S/C29H23F2N5O/c30-22-12-10-21(11-13-22)24-18-27(36-28(32-24)19-25(33-36)20-6-2-1-3-7-20)29(37)35-16-14-34(15-17-35)26-9-5-4-8-23(26)31/h1-13,18-19H,14-17H2. The van der Waals surface area contributed by atoms with Gasteiger partial charge in [0.15, 0.2) is 5.65 Å². The molecule has 0 radical (unpaired) electrons. The first-order chi connectivity index (χ1) is 18.1. The molecular weight excluding hydrogens is 472 g/mol. The van der Waals surface area contributed by atoms with Gasteiger partial charge < -0.3 is 9.80 Å². The summed E-state index contributed by atoms with van der Waals surface area (Å²) in [7, 11) is 0. The molecule has 1 amide bonds. The second-order valence-corrected chi connectivity index (χ2v) is 8.93. The Hall–Kier alpha value is -4.59. The molecule has 1 saturated heterocycles. The Labute approximate surface area is 212 Å². The van der Waals surface area contributed by atoms with Crippen molar-refractivity contribution >= 4 is 17.2 Å². The molecule has 3 aromatic carbocycles. The Morgan fingerprint density at radius 2 is 1.41 bits per heavy atom. The fourth-order valence-corrected chi connectivity index (χ4v) is 4.67. The highest BCUT2D eigenvalue weighted by molar-refractivity contribution is 5.94. The fraction of sp³-hybridized carbons (Fsp3) is 0.138. The number of rotatable bonds is 4. The van der Waals surface area contributed by atoms with E-state index in [0.717, 1.165) is 5.56 Å². The number of fused-ring (bicyclic) bond motifs is 1. The molecule has 3 heterocycles. The summed E-state index contributed by atoms with van der Waals surface area (Å²) in [6, 6.07) is 25.9. The van der Waals surface area contributed by atoms with Crippen LogP contribution in [-0.2, 0) is 0 Å². The molecule has 0 unspecified atom stereocenters. The van der Waals surface area contributed by atoms with Gasteiger partial charge in [0.1, 0.15) is 17.3 Å². The van der Waals surface area contributed by atoms with E-state index < -0.39 is 0 Å². The van der Waals surface area contributed by atoms with E-state index in [2.05, 4.69) is 0 Å². The van der Waals surface area contributed by atoms with Crippen LogP contribution < -0.4 is 4.90 Å². The van der Waals surface area contributed by atoms with E-state index in [1.807, 2.05) is 47.4 Å². The number of hydrogen-bond donors (Lipinski definition) is 0. The molecule has 37 heavy (non-hydrogen) atoms. The lowest BCUT2D eigenvalue weighted by atomic mass is 10.1. The molecule has 0 saturated carbocycles. The van der Waals surface area contributed by atoms with Gasteiger partial charge in [-0.15, -0.1) is 0 Å². The van der Waals surface area contributed by atoms with Gasteiger partial charge in [-0.3, -0.25) is 4.79 Å². The lowest BCUT2D eigenvalue weighted by Crippen LogP contribution is -2.49. The number of hydrogen-bond acceptors (Lipinski definition) is 4. The number of halogens is 2. The van der Waals surface area contributed by atoms with Crippen molar-refractivity contribution in [2.75, 3.05) is 31.1 Å². The largest absolute Gasteiger partial charge is 0.366 e. The number of aromatic nitrogens is 3. The summed E-state index contributed by atoms with van der Waals surface area (Å²) in [6.45, 7) is 1.91. The highest BCUT2D eigenvalue weighted by atomic mass is 19.1. The van der Waals surface area contributed by atoms with Gasteiger partial charge in [-0.05, 0) is 42.5 Å². The Bertz CT molecular complexity index is 1580. The van der Waals surface area contributed by atoms with Crippen molar-refractivity contribution in [2.45, 2.75) is 0 Å². The maximum atomic E-state index is 14.3. The van der Waals surface area contributed by atoms with Crippen LogP contribution in [0.4, 0.5) is 14.5 Å². The van der Waals surface area contributed by atoms with Crippen molar-refractivity contribution in [1.82, 2.24) is 19.5 Å². The minimum Gasteiger partial charge on any atom is -0.366 e. The molecule has 1 aliphatic heterocycles. The van der Waals surface area contributed by atoms with E-state index in [4.69, 9.17) is 10.1 Å². The third kappa shape index (κ3) is 4.42. The maximum Gasteiger partial charge on any atom is 0.272 e. The van der Waals surface area contributed by atoms with Gasteiger partial charge in [-0.2, -0.15) is 5.10 Å². The van der Waals surface area contributed by atoms with E-state index in [0.29, 0.717) is 60.2 Å². The van der Waals surface area contributed by atoms with Crippen LogP contribution in [0.1, 0.15) is 10.5 Å². The first kappa shape index (κ1) is 22.8. The van der Waals surface area contributed by atoms with E-state index >= 15 is 0 Å². The van der Waals surface area contributed by atoms with Crippen LogP contribution in [0.5, 0.6) is 0 Å². The number of anilines is 1. The van der Waals surface area contributed by atoms with Crippen molar-refractivity contribution in [2.24, 2.45) is 0 Å². The third-order valence-corrected chi connectivity index (χ3v) is 6.62. The van der Waals surface area contributed by atoms with Crippen molar-refractivity contribution in [3.05, 3.63) is 108 Å². The molecule has 0 aliphatic carbocycles. The van der Waals surface area contributed by atoms with E-state index in [1.165, 1.54) is 18.2 Å². The summed E-state index contributed by atoms with van der Waals surface area (Å²) >= 11 is 0. The Morgan fingerprint density at radius 3 is 2.14 bits per heavy atom. The molecule has 2 aromatic heterocycles. The molecule has 0 atom stereocenters. The van der Waals surface area contributed by atoms with Crippen molar-refractivity contribution in [3.8, 4) is 22.5 Å². The lowest BCUT2D eigenvalue weighted by molar-refractivity contribution is 0.0737. The van der Waals surface area contributed by atoms with E-state index in [-0.39, 0.29) is 17.5 Å². The molecule has 6 nitrogen and oxygen atoms in total. The number of para-hydroxylation sites is 1. The van der Waals surface area contributed by atoms with Gasteiger partial charge in [0.05, 0.1) is 17.1 Å². The minimum absolute atomic E-state index is 0.188. The van der Waals surface area contributed by atoms with Gasteiger partial charge in [0.2, 0.25) is 0 Å². The minimum atomic E-state index is -0.343. The summed E-state index contributed by atoms with van der Waals surface area (Å²) in [5.41, 5.74) is 4.29. The normalized spacial score (nSPS) is 13.8. The van der Waals surface area contributed by atoms with E-state index in [1.54, 1.807) is 39.7 Å². The number of amides is 1. The van der Waals surface area contributed by atoms with Crippen molar-refractivity contribution < 1.29 is 13.6 Å². The summed E-state index contributed by atoms with van der Waals surface area (Å²) < 4.78 is 29.4. The summed E-state index contributed by atoms with van der Waals surface area (Å²) in [5, 5.41) is 4.71. The Kier molecular flexibility index (Phi) is 5.84. The highest BCUT2D eigenvalue weighted by Gasteiger charge is 2.26. The van der Waals surface area contributed by atoms with Gasteiger partial charge >= 0.3 is 0 Å². The zero-order valence-electron chi connectivity index (χ0n) is 19.9. The monoisotopic (exact) mass is 495 g/mol. The van der Waals surface area contributed by atoms with Gasteiger partial charge in [0.25, 0.3) is 5.91 Å². The number of benzene rings is 3. The van der Waals surface area contributed by atoms with Crippen LogP contribution in [0.3, 0.4) is 0 Å². The smallest absolute Gasteiger partial charge is 0.272 e. The SMILES string of the molecule is O=C(c1cc(-c2ccc(F)cc2)nc2cc(-c3ccccc3)nn12)N1CCN(c2ccccc2F)CC1. The second-order valence-electron chi connectivity index (χ2n) is 8.93. The van der Waals surface area contributed by atoms with Gasteiger partial charge in [-0.1, -0.05) is 42.5 Å². The molecule has 1 fully saturated rings. The molecule has 0 spiro atoms.